The Labute approximate surface area is 369 Å². The molecule has 1 aromatic rings. The molecule has 2 fully saturated rings. The summed E-state index contributed by atoms with van der Waals surface area (Å²) in [5.41, 5.74) is 16.2. The number of fused-ring (bicyclic) bond motifs is 4. The lowest BCUT2D eigenvalue weighted by Gasteiger charge is -2.41. The maximum absolute atomic E-state index is 14.4. The number of nitrogens with two attached hydrogens (primary N) is 3. The molecule has 7 amide bonds. The van der Waals surface area contributed by atoms with E-state index in [9.17, 15) is 43.2 Å². The van der Waals surface area contributed by atoms with Crippen molar-refractivity contribution < 1.29 is 57.7 Å². The standard InChI is InChI=1S/C42H58N10O12/c1-20(2)15-27(40(61)52-28-18-51-33-31(35(57)32(44)21(3)34(33)56)24(19-64-41(45)62)42(51,63-5)36(28)52)50-37(58)22(4)48-39(60)26(16-23-9-7-6-8-10-23)49-30(55)17-47-38(59)25(43)11-12-29(54)46-13-14-53/h6-10,20,22,24-28,36,53H,11-19,43-44H2,1-5H3,(H2,45,62)(H,46,54)(H,47,59)(H,48,60)(H,49,55)(H,50,58)/t22-,24-,25-,26-,27-,28+,36+,42-,52?/m0/s1. The summed E-state index contributed by atoms with van der Waals surface area (Å²) in [6, 6.07) is 2.82. The second-order valence-electron chi connectivity index (χ2n) is 16.6. The minimum atomic E-state index is -1.53. The van der Waals surface area contributed by atoms with Crippen LogP contribution >= 0.6 is 0 Å². The minimum absolute atomic E-state index is 0.00457. The SMILES string of the molecule is CO[C@]12[C@@H](COC(N)=O)C3=C(C(=O)C(C)=C(N)C3=O)N1C[C@@H]1[C@H]2N1C(=O)[C@H](CC(C)C)NC(=O)[C@H](C)NC(=O)[C@H](Cc1ccccc1)NC(=O)CNC(=O)[C@@H](N)CCC(=O)NCCO. The van der Waals surface area contributed by atoms with Crippen LogP contribution in [0.4, 0.5) is 4.79 Å². The highest BCUT2D eigenvalue weighted by atomic mass is 16.6. The van der Waals surface area contributed by atoms with Crippen LogP contribution in [0, 0.1) is 11.8 Å². The number of rotatable bonds is 21. The van der Waals surface area contributed by atoms with E-state index in [1.165, 1.54) is 25.9 Å². The summed E-state index contributed by atoms with van der Waals surface area (Å²) in [5.74, 6) is -6.07. The zero-order valence-electron chi connectivity index (χ0n) is 36.4. The Hall–Kier alpha value is -6.39. The maximum atomic E-state index is 14.4. The lowest BCUT2D eigenvalue weighted by molar-refractivity contribution is -0.155. The number of Topliss-reactive ketones (excluding diaryl/α,β-unsaturated/α-hetero) is 2. The number of aliphatic hydroxyl groups excluding tert-OH is 1. The third-order valence-corrected chi connectivity index (χ3v) is 11.8. The molecule has 0 saturated carbocycles. The van der Waals surface area contributed by atoms with Crippen molar-refractivity contribution in [3.8, 4) is 0 Å². The number of benzene rings is 1. The van der Waals surface area contributed by atoms with Gasteiger partial charge in [-0.2, -0.15) is 0 Å². The molecule has 64 heavy (non-hydrogen) atoms. The topological polar surface area (TPSA) is 337 Å². The summed E-state index contributed by atoms with van der Waals surface area (Å²) >= 11 is 0. The van der Waals surface area contributed by atoms with Crippen LogP contribution in [0.2, 0.25) is 0 Å². The van der Waals surface area contributed by atoms with Gasteiger partial charge in [-0.3, -0.25) is 38.4 Å². The molecule has 12 N–H and O–H groups in total. The number of primary amides is 1. The molecule has 0 radical (unpaired) electrons. The van der Waals surface area contributed by atoms with Gasteiger partial charge in [-0.25, -0.2) is 4.79 Å². The smallest absolute Gasteiger partial charge is 0.404 e. The Balaban J connectivity index is 1.25. The van der Waals surface area contributed by atoms with Crippen LogP contribution < -0.4 is 43.8 Å². The van der Waals surface area contributed by atoms with Crippen molar-refractivity contribution in [1.82, 2.24) is 36.4 Å². The number of carbonyl (C=O) groups excluding carboxylic acids is 9. The average molecular weight is 895 g/mol. The molecule has 0 bridgehead atoms. The number of nitrogens with one attached hydrogen (secondary N) is 5. The summed E-state index contributed by atoms with van der Waals surface area (Å²) in [7, 11) is 1.36. The van der Waals surface area contributed by atoms with Crippen molar-refractivity contribution in [2.24, 2.45) is 29.0 Å². The van der Waals surface area contributed by atoms with Gasteiger partial charge in [0.15, 0.2) is 5.72 Å². The molecule has 0 unspecified atom stereocenters. The molecule has 1 aromatic carbocycles. The molecule has 0 spiro atoms. The second-order valence-corrected chi connectivity index (χ2v) is 16.6. The molecule has 348 valence electrons. The number of allylic oxidation sites excluding steroid dienone is 2. The van der Waals surface area contributed by atoms with E-state index in [1.54, 1.807) is 35.2 Å². The number of nitrogens with zero attached hydrogens (tertiary/aromatic N) is 2. The van der Waals surface area contributed by atoms with Gasteiger partial charge < -0.3 is 68.2 Å². The number of hydrogen-bond donors (Lipinski definition) is 9. The van der Waals surface area contributed by atoms with Crippen molar-refractivity contribution in [1.29, 1.82) is 0 Å². The van der Waals surface area contributed by atoms with E-state index in [-0.39, 0.29) is 73.8 Å². The largest absolute Gasteiger partial charge is 0.449 e. The second kappa shape index (κ2) is 20.4. The van der Waals surface area contributed by atoms with Crippen molar-refractivity contribution in [2.45, 2.75) is 95.4 Å². The van der Waals surface area contributed by atoms with Crippen LogP contribution in [-0.2, 0) is 54.3 Å². The molecule has 2 saturated heterocycles. The first kappa shape index (κ1) is 48.6. The molecule has 3 aliphatic heterocycles. The summed E-state index contributed by atoms with van der Waals surface area (Å²) in [4.78, 5) is 122. The third kappa shape index (κ3) is 10.2. The predicted octanol–water partition coefficient (Wildman–Crippen LogP) is -3.32. The van der Waals surface area contributed by atoms with Gasteiger partial charge in [0.1, 0.15) is 30.8 Å². The van der Waals surface area contributed by atoms with Gasteiger partial charge in [-0.05, 0) is 38.2 Å². The molecule has 0 aromatic heterocycles. The summed E-state index contributed by atoms with van der Waals surface area (Å²) in [6.07, 6.45) is -1.04. The number of methoxy groups -OCH3 is 1. The van der Waals surface area contributed by atoms with E-state index in [2.05, 4.69) is 26.6 Å². The molecule has 4 aliphatic rings. The van der Waals surface area contributed by atoms with Crippen LogP contribution in [0.5, 0.6) is 0 Å². The number of piperazine rings is 1. The lowest BCUT2D eigenvalue weighted by Crippen LogP contribution is -2.59. The third-order valence-electron chi connectivity index (χ3n) is 11.8. The first-order valence-corrected chi connectivity index (χ1v) is 21.0. The fourth-order valence-electron chi connectivity index (χ4n) is 8.63. The first-order valence-electron chi connectivity index (χ1n) is 21.0. The van der Waals surface area contributed by atoms with Crippen molar-refractivity contribution in [3.05, 3.63) is 58.4 Å². The Bertz CT molecular complexity index is 2110. The fraction of sp³-hybridized carbons (Fsp3) is 0.548. The van der Waals surface area contributed by atoms with Crippen molar-refractivity contribution in [3.63, 3.8) is 0 Å². The molecular weight excluding hydrogens is 837 g/mol. The van der Waals surface area contributed by atoms with Crippen LogP contribution in [-0.4, -0.2) is 150 Å². The zero-order valence-corrected chi connectivity index (χ0v) is 36.4. The van der Waals surface area contributed by atoms with Crippen LogP contribution in [0.15, 0.2) is 52.9 Å². The van der Waals surface area contributed by atoms with Gasteiger partial charge in [-0.1, -0.05) is 44.2 Å². The summed E-state index contributed by atoms with van der Waals surface area (Å²) < 4.78 is 11.3. The number of aliphatic hydroxyl groups is 1. The molecule has 5 rings (SSSR count). The molecule has 3 heterocycles. The summed E-state index contributed by atoms with van der Waals surface area (Å²) in [6.45, 7) is 5.44. The minimum Gasteiger partial charge on any atom is -0.449 e. The average Bonchev–Trinajstić information content (AvgIpc) is 3.76. The number of hydrogen-bond acceptors (Lipinski definition) is 15. The van der Waals surface area contributed by atoms with E-state index in [1.807, 2.05) is 13.8 Å². The van der Waals surface area contributed by atoms with Gasteiger partial charge in [0, 0.05) is 44.2 Å². The first-order chi connectivity index (χ1) is 30.3. The number of carbonyl (C=O) groups is 9. The van der Waals surface area contributed by atoms with Gasteiger partial charge in [0.05, 0.1) is 42.5 Å². The maximum Gasteiger partial charge on any atom is 0.404 e. The number of amides is 7. The highest BCUT2D eigenvalue weighted by Gasteiger charge is 2.77. The Morgan fingerprint density at radius 2 is 1.61 bits per heavy atom. The molecule has 8 atom stereocenters. The van der Waals surface area contributed by atoms with Crippen LogP contribution in [0.3, 0.4) is 0 Å². The Morgan fingerprint density at radius 1 is 0.922 bits per heavy atom. The molecule has 1 aliphatic carbocycles. The van der Waals surface area contributed by atoms with Crippen molar-refractivity contribution in [2.75, 3.05) is 40.0 Å². The normalized spacial score (nSPS) is 22.7. The van der Waals surface area contributed by atoms with Gasteiger partial charge >= 0.3 is 6.09 Å². The van der Waals surface area contributed by atoms with Crippen LogP contribution in [0.25, 0.3) is 0 Å². The Kier molecular flexibility index (Phi) is 15.5. The number of ether oxygens (including phenoxy) is 2. The summed E-state index contributed by atoms with van der Waals surface area (Å²) in [5, 5.41) is 21.7. The van der Waals surface area contributed by atoms with Gasteiger partial charge in [-0.15, -0.1) is 0 Å². The molecular formula is C42H58N10O12. The zero-order chi connectivity index (χ0) is 47.2. The van der Waals surface area contributed by atoms with E-state index >= 15 is 0 Å². The van der Waals surface area contributed by atoms with Gasteiger partial charge in [0.25, 0.3) is 0 Å². The van der Waals surface area contributed by atoms with Gasteiger partial charge in [0.2, 0.25) is 47.0 Å². The van der Waals surface area contributed by atoms with E-state index in [0.29, 0.717) is 5.56 Å². The lowest BCUT2D eigenvalue weighted by atomic mass is 9.82. The quantitative estimate of drug-likeness (QED) is 0.0431. The van der Waals surface area contributed by atoms with E-state index < -0.39 is 114 Å². The van der Waals surface area contributed by atoms with E-state index in [0.717, 1.165) is 0 Å². The Morgan fingerprint density at radius 3 is 2.23 bits per heavy atom. The van der Waals surface area contributed by atoms with Crippen LogP contribution in [0.1, 0.15) is 52.5 Å². The molecule has 22 nitrogen and oxygen atoms in total. The predicted molar refractivity (Wildman–Crippen MR) is 225 cm³/mol. The van der Waals surface area contributed by atoms with Crippen molar-refractivity contribution >= 4 is 53.1 Å². The highest BCUT2D eigenvalue weighted by Crippen LogP contribution is 2.60. The molecule has 22 heteroatoms. The monoisotopic (exact) mass is 894 g/mol. The van der Waals surface area contributed by atoms with E-state index in [4.69, 9.17) is 31.8 Å². The number of ketones is 2. The highest BCUT2D eigenvalue weighted by molar-refractivity contribution is 6.25. The fourth-order valence-corrected chi connectivity index (χ4v) is 8.63.